The SMILES string of the molecule is CO/N=C(\C#N)C(=O)N=c1sccn1Cc1cnc(Cl)s1. The molecule has 2 aromatic heterocycles. The number of thiazole rings is 2. The molecule has 1 amide bonds. The van der Waals surface area contributed by atoms with Crippen LogP contribution in [0.3, 0.4) is 0 Å². The number of hydrogen-bond acceptors (Lipinski definition) is 7. The normalized spacial score (nSPS) is 12.2. The Balaban J connectivity index is 2.28. The Kier molecular flexibility index (Phi) is 5.21. The largest absolute Gasteiger partial charge is 0.398 e. The summed E-state index contributed by atoms with van der Waals surface area (Å²) in [6, 6.07) is 1.64. The summed E-state index contributed by atoms with van der Waals surface area (Å²) >= 11 is 8.40. The first kappa shape index (κ1) is 15.4. The van der Waals surface area contributed by atoms with Crippen molar-refractivity contribution in [1.29, 1.82) is 5.26 Å². The van der Waals surface area contributed by atoms with Crippen molar-refractivity contribution < 1.29 is 9.63 Å². The van der Waals surface area contributed by atoms with E-state index in [1.165, 1.54) is 29.8 Å². The van der Waals surface area contributed by atoms with Crippen LogP contribution in [-0.4, -0.2) is 28.3 Å². The lowest BCUT2D eigenvalue weighted by molar-refractivity contribution is -0.112. The van der Waals surface area contributed by atoms with Crippen LogP contribution in [0, 0.1) is 11.3 Å². The molecule has 0 saturated heterocycles. The highest BCUT2D eigenvalue weighted by atomic mass is 35.5. The third kappa shape index (κ3) is 3.98. The molecule has 7 nitrogen and oxygen atoms in total. The number of halogens is 1. The van der Waals surface area contributed by atoms with Gasteiger partial charge in [0.05, 0.1) is 6.54 Å². The summed E-state index contributed by atoms with van der Waals surface area (Å²) in [4.78, 5) is 25.4. The van der Waals surface area contributed by atoms with E-state index in [1.807, 2.05) is 0 Å². The third-order valence-electron chi connectivity index (χ3n) is 2.20. The monoisotopic (exact) mass is 341 g/mol. The fourth-order valence-electron chi connectivity index (χ4n) is 1.37. The average Bonchev–Trinajstić information content (AvgIpc) is 3.06. The molecule has 0 aromatic carbocycles. The van der Waals surface area contributed by atoms with Crippen molar-refractivity contribution in [1.82, 2.24) is 9.55 Å². The van der Waals surface area contributed by atoms with E-state index in [0.717, 1.165) is 4.88 Å². The van der Waals surface area contributed by atoms with Crippen LogP contribution >= 0.6 is 34.3 Å². The maximum Gasteiger partial charge on any atom is 0.312 e. The summed E-state index contributed by atoms with van der Waals surface area (Å²) in [6.45, 7) is 0.489. The van der Waals surface area contributed by atoms with Crippen molar-refractivity contribution in [2.75, 3.05) is 7.11 Å². The second-order valence-corrected chi connectivity index (χ2v) is 6.11. The number of rotatable bonds is 4. The summed E-state index contributed by atoms with van der Waals surface area (Å²) < 4.78 is 2.21. The average molecular weight is 342 g/mol. The maximum atomic E-state index is 11.8. The van der Waals surface area contributed by atoms with Crippen LogP contribution in [0.4, 0.5) is 0 Å². The molecule has 0 saturated carbocycles. The van der Waals surface area contributed by atoms with Gasteiger partial charge in [0.2, 0.25) is 5.71 Å². The lowest BCUT2D eigenvalue weighted by Gasteiger charge is -1.98. The van der Waals surface area contributed by atoms with E-state index >= 15 is 0 Å². The molecule has 10 heteroatoms. The molecule has 0 aliphatic carbocycles. The molecule has 0 N–H and O–H groups in total. The van der Waals surface area contributed by atoms with Gasteiger partial charge in [0.15, 0.2) is 9.27 Å². The van der Waals surface area contributed by atoms with E-state index in [2.05, 4.69) is 20.0 Å². The highest BCUT2D eigenvalue weighted by Gasteiger charge is 2.11. The summed E-state index contributed by atoms with van der Waals surface area (Å²) in [6.07, 6.45) is 3.44. The van der Waals surface area contributed by atoms with Crippen molar-refractivity contribution >= 4 is 45.9 Å². The molecule has 0 fully saturated rings. The predicted molar refractivity (Wildman–Crippen MR) is 79.2 cm³/mol. The molecule has 0 aliphatic heterocycles. The molecule has 0 bridgehead atoms. The van der Waals surface area contributed by atoms with Crippen LogP contribution in [0.25, 0.3) is 0 Å². The summed E-state index contributed by atoms with van der Waals surface area (Å²) in [5, 5.41) is 13.9. The molecular formula is C11H8ClN5O2S2. The molecule has 0 spiro atoms. The van der Waals surface area contributed by atoms with Gasteiger partial charge in [-0.15, -0.1) is 22.7 Å². The van der Waals surface area contributed by atoms with Gasteiger partial charge in [-0.2, -0.15) is 10.3 Å². The summed E-state index contributed by atoms with van der Waals surface area (Å²) in [5.41, 5.74) is -0.404. The first-order valence-electron chi connectivity index (χ1n) is 5.48. The zero-order valence-electron chi connectivity index (χ0n) is 10.7. The van der Waals surface area contributed by atoms with Crippen molar-refractivity contribution in [3.63, 3.8) is 0 Å². The minimum Gasteiger partial charge on any atom is -0.398 e. The number of oxime groups is 1. The Labute approximate surface area is 132 Å². The van der Waals surface area contributed by atoms with E-state index in [4.69, 9.17) is 16.9 Å². The first-order valence-corrected chi connectivity index (χ1v) is 7.56. The lowest BCUT2D eigenvalue weighted by atomic mass is 10.4. The van der Waals surface area contributed by atoms with E-state index < -0.39 is 11.6 Å². The topological polar surface area (TPSA) is 92.6 Å². The number of carbonyl (C=O) groups is 1. The van der Waals surface area contributed by atoms with E-state index in [1.54, 1.807) is 28.4 Å². The van der Waals surface area contributed by atoms with Crippen LogP contribution in [0.2, 0.25) is 4.47 Å². The molecule has 2 rings (SSSR count). The molecule has 2 heterocycles. The fourth-order valence-corrected chi connectivity index (χ4v) is 3.07. The van der Waals surface area contributed by atoms with Crippen molar-refractivity contribution in [3.05, 3.63) is 31.9 Å². The molecule has 2 aromatic rings. The van der Waals surface area contributed by atoms with Gasteiger partial charge in [-0.1, -0.05) is 16.8 Å². The standard InChI is InChI=1S/C11H8ClN5O2S2/c1-19-16-8(4-13)9(18)15-11-17(2-3-20-11)6-7-5-14-10(12)21-7/h2-3,5H,6H2,1H3/b15-11?,16-8+. The van der Waals surface area contributed by atoms with Gasteiger partial charge in [-0.25, -0.2) is 4.98 Å². The highest BCUT2D eigenvalue weighted by Crippen LogP contribution is 2.18. The Morgan fingerprint density at radius 1 is 1.67 bits per heavy atom. The molecule has 0 atom stereocenters. The van der Waals surface area contributed by atoms with E-state index in [9.17, 15) is 4.79 Å². The number of amides is 1. The minimum atomic E-state index is -0.752. The van der Waals surface area contributed by atoms with Crippen molar-refractivity contribution in [2.45, 2.75) is 6.54 Å². The van der Waals surface area contributed by atoms with Crippen LogP contribution in [0.5, 0.6) is 0 Å². The quantitative estimate of drug-likeness (QED) is 0.624. The van der Waals surface area contributed by atoms with Crippen LogP contribution < -0.4 is 4.80 Å². The van der Waals surface area contributed by atoms with E-state index in [-0.39, 0.29) is 0 Å². The Morgan fingerprint density at radius 3 is 3.10 bits per heavy atom. The molecule has 108 valence electrons. The lowest BCUT2D eigenvalue weighted by Crippen LogP contribution is -2.19. The molecule has 0 unspecified atom stereocenters. The number of aromatic nitrogens is 2. The summed E-state index contributed by atoms with van der Waals surface area (Å²) in [7, 11) is 1.25. The van der Waals surface area contributed by atoms with Crippen LogP contribution in [0.1, 0.15) is 4.88 Å². The highest BCUT2D eigenvalue weighted by molar-refractivity contribution is 7.15. The molecule has 21 heavy (non-hydrogen) atoms. The van der Waals surface area contributed by atoms with Crippen LogP contribution in [0.15, 0.2) is 27.9 Å². The van der Waals surface area contributed by atoms with Crippen molar-refractivity contribution in [3.8, 4) is 6.07 Å². The van der Waals surface area contributed by atoms with Gasteiger partial charge >= 0.3 is 5.91 Å². The molecule has 0 radical (unpaired) electrons. The first-order chi connectivity index (χ1) is 10.1. The van der Waals surface area contributed by atoms with E-state index in [0.29, 0.717) is 15.8 Å². The summed E-state index contributed by atoms with van der Waals surface area (Å²) in [5.74, 6) is -0.752. The smallest absolute Gasteiger partial charge is 0.312 e. The predicted octanol–water partition coefficient (Wildman–Crippen LogP) is 1.66. The molecular weight excluding hydrogens is 334 g/mol. The number of hydrogen-bond donors (Lipinski definition) is 0. The Hall–Kier alpha value is -2.02. The molecule has 0 aliphatic rings. The van der Waals surface area contributed by atoms with Crippen LogP contribution in [-0.2, 0) is 16.2 Å². The van der Waals surface area contributed by atoms with Gasteiger partial charge in [-0.05, 0) is 0 Å². The third-order valence-corrected chi connectivity index (χ3v) is 4.09. The number of nitrogens with zero attached hydrogens (tertiary/aromatic N) is 5. The maximum absolute atomic E-state index is 11.8. The minimum absolute atomic E-state index is 0.404. The van der Waals surface area contributed by atoms with Gasteiger partial charge in [0.1, 0.15) is 13.2 Å². The van der Waals surface area contributed by atoms with Gasteiger partial charge < -0.3 is 9.40 Å². The zero-order valence-corrected chi connectivity index (χ0v) is 13.1. The Morgan fingerprint density at radius 2 is 2.48 bits per heavy atom. The van der Waals surface area contributed by atoms with Crippen molar-refractivity contribution in [2.24, 2.45) is 10.1 Å². The van der Waals surface area contributed by atoms with Gasteiger partial charge in [0.25, 0.3) is 0 Å². The Bertz CT molecular complexity index is 783. The van der Waals surface area contributed by atoms with Gasteiger partial charge in [-0.3, -0.25) is 4.79 Å². The number of carbonyl (C=O) groups excluding carboxylic acids is 1. The second kappa shape index (κ2) is 7.12. The number of nitriles is 1. The zero-order chi connectivity index (χ0) is 15.2. The second-order valence-electron chi connectivity index (χ2n) is 3.54. The fraction of sp³-hybridized carbons (Fsp3) is 0.182. The van der Waals surface area contributed by atoms with Gasteiger partial charge in [0, 0.05) is 22.7 Å².